The Hall–Kier alpha value is -6.71. The van der Waals surface area contributed by atoms with E-state index in [1.54, 1.807) is 0 Å². The van der Waals surface area contributed by atoms with Crippen molar-refractivity contribution in [3.63, 3.8) is 0 Å². The number of hydrogen-bond donors (Lipinski definition) is 0. The van der Waals surface area contributed by atoms with Crippen molar-refractivity contribution in [2.24, 2.45) is 0 Å². The Morgan fingerprint density at radius 2 is 0.811 bits per heavy atom. The van der Waals surface area contributed by atoms with Gasteiger partial charge in [-0.15, -0.1) is 0 Å². The molecular weight excluding hydrogens is 643 g/mol. The van der Waals surface area contributed by atoms with Gasteiger partial charge in [-0.2, -0.15) is 0 Å². The molecule has 3 aromatic heterocycles. The summed E-state index contributed by atoms with van der Waals surface area (Å²) < 4.78 is 0. The molecule has 0 bridgehead atoms. The van der Waals surface area contributed by atoms with Crippen molar-refractivity contribution in [1.82, 2.24) is 15.0 Å². The van der Waals surface area contributed by atoms with Gasteiger partial charge < -0.3 is 0 Å². The molecule has 0 radical (unpaired) electrons. The molecule has 6 aromatic carbocycles. The third-order valence-corrected chi connectivity index (χ3v) is 10.0. The van der Waals surface area contributed by atoms with E-state index in [1.807, 2.05) is 12.1 Å². The summed E-state index contributed by atoms with van der Waals surface area (Å²) >= 11 is 0. The summed E-state index contributed by atoms with van der Waals surface area (Å²) in [6, 6.07) is 64.0. The Balaban J connectivity index is 1.10. The van der Waals surface area contributed by atoms with E-state index >= 15 is 0 Å². The first-order valence-electron chi connectivity index (χ1n) is 18.2. The molecule has 3 heteroatoms. The van der Waals surface area contributed by atoms with Gasteiger partial charge in [-0.1, -0.05) is 166 Å². The van der Waals surface area contributed by atoms with Gasteiger partial charge in [-0.25, -0.2) is 15.0 Å². The normalized spacial score (nSPS) is 11.4. The lowest BCUT2D eigenvalue weighted by atomic mass is 9.94. The highest BCUT2D eigenvalue weighted by Crippen LogP contribution is 2.36. The van der Waals surface area contributed by atoms with Crippen molar-refractivity contribution >= 4 is 21.8 Å². The SMILES string of the molecule is CC(C)c1cc(-c2ccc(-c3cccc(-c4cc(-c5ccccc5)cc(-c5ccccc5)n4)c3)cc2)nc2c1ccc1ccc(-c3ccccc3)nc12. The summed E-state index contributed by atoms with van der Waals surface area (Å²) in [6.07, 6.45) is 0. The number of benzene rings is 6. The first-order valence-corrected chi connectivity index (χ1v) is 18.2. The molecule has 9 aromatic rings. The van der Waals surface area contributed by atoms with Crippen LogP contribution in [0.3, 0.4) is 0 Å². The van der Waals surface area contributed by atoms with E-state index < -0.39 is 0 Å². The Morgan fingerprint density at radius 3 is 1.49 bits per heavy atom. The van der Waals surface area contributed by atoms with Crippen LogP contribution < -0.4 is 0 Å². The Labute approximate surface area is 310 Å². The zero-order valence-corrected chi connectivity index (χ0v) is 29.7. The predicted octanol–water partition coefficient (Wildman–Crippen LogP) is 13.3. The molecule has 0 saturated carbocycles. The minimum atomic E-state index is 0.326. The van der Waals surface area contributed by atoms with E-state index in [4.69, 9.17) is 15.0 Å². The van der Waals surface area contributed by atoms with Crippen LogP contribution >= 0.6 is 0 Å². The van der Waals surface area contributed by atoms with Gasteiger partial charge in [0.25, 0.3) is 0 Å². The maximum Gasteiger partial charge on any atom is 0.0975 e. The smallest absolute Gasteiger partial charge is 0.0975 e. The Kier molecular flexibility index (Phi) is 8.38. The standard InChI is InChI=1S/C50H37N3/c1-33(2)44-32-48(53-50-43(44)27-25-39-26-28-45(52-49(39)50)36-15-8-4-9-16-36)38-23-21-35(22-24-38)40-19-12-20-41(29-40)47-31-42(34-13-6-3-7-14-34)30-46(51-47)37-17-10-5-11-18-37/h3-33H,1-2H3. The molecule has 0 atom stereocenters. The molecule has 9 rings (SSSR count). The summed E-state index contributed by atoms with van der Waals surface area (Å²) in [5.41, 5.74) is 15.9. The van der Waals surface area contributed by atoms with Crippen molar-refractivity contribution in [1.29, 1.82) is 0 Å². The van der Waals surface area contributed by atoms with Crippen LogP contribution in [0, 0.1) is 0 Å². The first kappa shape index (κ1) is 32.2. The molecular formula is C50H37N3. The van der Waals surface area contributed by atoms with Gasteiger partial charge in [-0.3, -0.25) is 0 Å². The molecule has 0 fully saturated rings. The number of nitrogens with zero attached hydrogens (tertiary/aromatic N) is 3. The lowest BCUT2D eigenvalue weighted by Crippen LogP contribution is -1.97. The van der Waals surface area contributed by atoms with Crippen molar-refractivity contribution in [3.05, 3.63) is 188 Å². The van der Waals surface area contributed by atoms with Crippen LogP contribution in [0.5, 0.6) is 0 Å². The average Bonchev–Trinajstić information content (AvgIpc) is 3.24. The Morgan fingerprint density at radius 1 is 0.321 bits per heavy atom. The van der Waals surface area contributed by atoms with Crippen molar-refractivity contribution in [3.8, 4) is 67.3 Å². The van der Waals surface area contributed by atoms with Gasteiger partial charge in [0.05, 0.1) is 33.8 Å². The van der Waals surface area contributed by atoms with Crippen LogP contribution in [0.15, 0.2) is 182 Å². The minimum Gasteiger partial charge on any atom is -0.248 e. The van der Waals surface area contributed by atoms with E-state index in [9.17, 15) is 0 Å². The third-order valence-electron chi connectivity index (χ3n) is 10.0. The van der Waals surface area contributed by atoms with E-state index in [2.05, 4.69) is 184 Å². The molecule has 0 unspecified atom stereocenters. The van der Waals surface area contributed by atoms with Crippen LogP contribution in [0.2, 0.25) is 0 Å². The number of hydrogen-bond acceptors (Lipinski definition) is 3. The molecule has 53 heavy (non-hydrogen) atoms. The summed E-state index contributed by atoms with van der Waals surface area (Å²) in [5, 5.41) is 2.24. The van der Waals surface area contributed by atoms with Crippen LogP contribution in [-0.2, 0) is 0 Å². The van der Waals surface area contributed by atoms with Crippen LogP contribution in [-0.4, -0.2) is 15.0 Å². The van der Waals surface area contributed by atoms with Gasteiger partial charge >= 0.3 is 0 Å². The van der Waals surface area contributed by atoms with Gasteiger partial charge in [0.15, 0.2) is 0 Å². The van der Waals surface area contributed by atoms with Crippen molar-refractivity contribution in [2.45, 2.75) is 19.8 Å². The van der Waals surface area contributed by atoms with Crippen LogP contribution in [0.4, 0.5) is 0 Å². The second kappa shape index (κ2) is 13.8. The van der Waals surface area contributed by atoms with Gasteiger partial charge in [-0.05, 0) is 64.1 Å². The third kappa shape index (κ3) is 6.39. The Bertz CT molecular complexity index is 2660. The molecule has 0 saturated heterocycles. The average molecular weight is 680 g/mol. The second-order valence-corrected chi connectivity index (χ2v) is 13.9. The first-order chi connectivity index (χ1) is 26.1. The molecule has 0 spiro atoms. The van der Waals surface area contributed by atoms with Crippen molar-refractivity contribution < 1.29 is 0 Å². The second-order valence-electron chi connectivity index (χ2n) is 13.9. The van der Waals surface area contributed by atoms with E-state index in [0.29, 0.717) is 5.92 Å². The van der Waals surface area contributed by atoms with Crippen LogP contribution in [0.25, 0.3) is 89.1 Å². The maximum absolute atomic E-state index is 5.30. The lowest BCUT2D eigenvalue weighted by Gasteiger charge is -2.15. The highest BCUT2D eigenvalue weighted by Gasteiger charge is 2.15. The number of fused-ring (bicyclic) bond motifs is 3. The summed E-state index contributed by atoms with van der Waals surface area (Å²) in [5.74, 6) is 0.326. The van der Waals surface area contributed by atoms with E-state index in [0.717, 1.165) is 83.5 Å². The summed E-state index contributed by atoms with van der Waals surface area (Å²) in [6.45, 7) is 4.50. The van der Waals surface area contributed by atoms with E-state index in [1.165, 1.54) is 11.1 Å². The lowest BCUT2D eigenvalue weighted by molar-refractivity contribution is 0.875. The highest BCUT2D eigenvalue weighted by atomic mass is 14.8. The fourth-order valence-electron chi connectivity index (χ4n) is 7.22. The molecule has 252 valence electrons. The monoisotopic (exact) mass is 679 g/mol. The minimum absolute atomic E-state index is 0.326. The summed E-state index contributed by atoms with van der Waals surface area (Å²) in [7, 11) is 0. The maximum atomic E-state index is 5.30. The highest BCUT2D eigenvalue weighted by molar-refractivity contribution is 6.05. The fraction of sp³-hybridized carbons (Fsp3) is 0.0600. The molecule has 3 heterocycles. The fourth-order valence-corrected chi connectivity index (χ4v) is 7.22. The molecule has 0 amide bonds. The predicted molar refractivity (Wildman–Crippen MR) is 222 cm³/mol. The largest absolute Gasteiger partial charge is 0.248 e. The van der Waals surface area contributed by atoms with Gasteiger partial charge in [0.2, 0.25) is 0 Å². The number of aromatic nitrogens is 3. The zero-order valence-electron chi connectivity index (χ0n) is 29.7. The van der Waals surface area contributed by atoms with Crippen molar-refractivity contribution in [2.75, 3.05) is 0 Å². The number of rotatable bonds is 7. The topological polar surface area (TPSA) is 38.7 Å². The quantitative estimate of drug-likeness (QED) is 0.157. The molecule has 0 N–H and O–H groups in total. The van der Waals surface area contributed by atoms with E-state index in [-0.39, 0.29) is 0 Å². The van der Waals surface area contributed by atoms with Gasteiger partial charge in [0, 0.05) is 33.0 Å². The number of pyridine rings is 3. The van der Waals surface area contributed by atoms with Crippen LogP contribution in [0.1, 0.15) is 25.3 Å². The summed E-state index contributed by atoms with van der Waals surface area (Å²) in [4.78, 5) is 15.6. The molecule has 0 aliphatic heterocycles. The molecule has 3 nitrogen and oxygen atoms in total. The van der Waals surface area contributed by atoms with Gasteiger partial charge in [0.1, 0.15) is 0 Å². The zero-order chi connectivity index (χ0) is 35.7. The molecule has 0 aliphatic rings. The molecule has 0 aliphatic carbocycles.